The molecule has 6 nitrogen and oxygen atoms in total. The van der Waals surface area contributed by atoms with E-state index in [1.807, 2.05) is 24.9 Å². The van der Waals surface area contributed by atoms with Gasteiger partial charge in [0.1, 0.15) is 5.75 Å². The number of hydrogen-bond donors (Lipinski definition) is 1. The fourth-order valence-electron chi connectivity index (χ4n) is 4.38. The minimum absolute atomic E-state index is 0.00963. The number of benzene rings is 1. The number of amides is 1. The van der Waals surface area contributed by atoms with Gasteiger partial charge in [0, 0.05) is 57.3 Å². The van der Waals surface area contributed by atoms with E-state index in [4.69, 9.17) is 4.74 Å². The zero-order valence-corrected chi connectivity index (χ0v) is 16.9. The van der Waals surface area contributed by atoms with Gasteiger partial charge in [0.05, 0.1) is 13.2 Å². The number of hydrogen-bond acceptors (Lipinski definition) is 5. The van der Waals surface area contributed by atoms with Gasteiger partial charge < -0.3 is 14.7 Å². The van der Waals surface area contributed by atoms with Crippen LogP contribution in [-0.2, 0) is 17.9 Å². The number of likely N-dealkylation sites (tertiary alicyclic amines) is 1. The monoisotopic (exact) mass is 375 g/mol. The summed E-state index contributed by atoms with van der Waals surface area (Å²) in [6.45, 7) is 7.24. The van der Waals surface area contributed by atoms with Crippen LogP contribution < -0.4 is 4.74 Å². The van der Waals surface area contributed by atoms with Crippen molar-refractivity contribution in [1.82, 2.24) is 14.7 Å². The Hall–Kier alpha value is -1.63. The van der Waals surface area contributed by atoms with E-state index in [2.05, 4.69) is 29.0 Å². The van der Waals surface area contributed by atoms with Crippen LogP contribution in [0.5, 0.6) is 5.75 Å². The van der Waals surface area contributed by atoms with Crippen LogP contribution in [0.2, 0.25) is 0 Å². The third-order valence-corrected chi connectivity index (χ3v) is 6.22. The number of aliphatic hydroxyl groups excluding tert-OH is 1. The first kappa shape index (κ1) is 20.1. The van der Waals surface area contributed by atoms with E-state index in [1.165, 1.54) is 5.56 Å². The van der Waals surface area contributed by atoms with Gasteiger partial charge in [0.15, 0.2) is 0 Å². The molecule has 0 unspecified atom stereocenters. The molecule has 2 fully saturated rings. The first-order valence-electron chi connectivity index (χ1n) is 10.0. The SMILES string of the molecule is CCOc1ccc(CN2CCN(C)[C@@]3(CCC(=O)N(C)CC3)C2)cc1CO. The lowest BCUT2D eigenvalue weighted by Gasteiger charge is -2.49. The second-order valence-electron chi connectivity index (χ2n) is 7.96. The topological polar surface area (TPSA) is 56.2 Å². The van der Waals surface area contributed by atoms with Crippen molar-refractivity contribution in [2.45, 2.75) is 44.9 Å². The highest BCUT2D eigenvalue weighted by atomic mass is 16.5. The fourth-order valence-corrected chi connectivity index (χ4v) is 4.38. The number of nitrogens with zero attached hydrogens (tertiary/aromatic N) is 3. The molecule has 0 saturated carbocycles. The van der Waals surface area contributed by atoms with Crippen molar-refractivity contribution in [2.75, 3.05) is 46.9 Å². The molecule has 2 saturated heterocycles. The van der Waals surface area contributed by atoms with E-state index < -0.39 is 0 Å². The number of carbonyl (C=O) groups is 1. The van der Waals surface area contributed by atoms with Crippen molar-refractivity contribution in [3.63, 3.8) is 0 Å². The maximum atomic E-state index is 12.1. The van der Waals surface area contributed by atoms with Crippen molar-refractivity contribution in [2.24, 2.45) is 0 Å². The number of piperazine rings is 1. The van der Waals surface area contributed by atoms with Crippen molar-refractivity contribution >= 4 is 5.91 Å². The Morgan fingerprint density at radius 3 is 2.74 bits per heavy atom. The molecule has 1 atom stereocenters. The molecule has 1 aromatic carbocycles. The molecule has 0 aromatic heterocycles. The summed E-state index contributed by atoms with van der Waals surface area (Å²) >= 11 is 0. The molecule has 1 spiro atoms. The van der Waals surface area contributed by atoms with Crippen molar-refractivity contribution in [3.8, 4) is 5.75 Å². The Bertz CT molecular complexity index is 666. The maximum absolute atomic E-state index is 12.1. The van der Waals surface area contributed by atoms with Crippen LogP contribution in [-0.4, -0.2) is 78.1 Å². The van der Waals surface area contributed by atoms with Crippen LogP contribution in [0.4, 0.5) is 0 Å². The minimum Gasteiger partial charge on any atom is -0.494 e. The van der Waals surface area contributed by atoms with Gasteiger partial charge in [-0.2, -0.15) is 0 Å². The average molecular weight is 376 g/mol. The van der Waals surface area contributed by atoms with Crippen molar-refractivity contribution in [3.05, 3.63) is 29.3 Å². The van der Waals surface area contributed by atoms with E-state index in [9.17, 15) is 9.90 Å². The standard InChI is InChI=1S/C21H33N3O3/c1-4-27-19-6-5-17(13-18(19)15-25)14-24-12-11-23(3)21(16-24)8-7-20(26)22(2)10-9-21/h5-6,13,25H,4,7-12,14-16H2,1-3H3/t21-/m1/s1. The highest BCUT2D eigenvalue weighted by Crippen LogP contribution is 2.32. The quantitative estimate of drug-likeness (QED) is 0.849. The Morgan fingerprint density at radius 2 is 2.00 bits per heavy atom. The van der Waals surface area contributed by atoms with Gasteiger partial charge in [0.2, 0.25) is 5.91 Å². The lowest BCUT2D eigenvalue weighted by molar-refractivity contribution is -0.129. The third-order valence-electron chi connectivity index (χ3n) is 6.22. The molecule has 2 aliphatic rings. The Kier molecular flexibility index (Phi) is 6.40. The predicted molar refractivity (Wildman–Crippen MR) is 106 cm³/mol. The van der Waals surface area contributed by atoms with E-state index in [0.717, 1.165) is 56.9 Å². The van der Waals surface area contributed by atoms with E-state index in [-0.39, 0.29) is 18.1 Å². The zero-order chi connectivity index (χ0) is 19.4. The van der Waals surface area contributed by atoms with E-state index in [0.29, 0.717) is 13.0 Å². The van der Waals surface area contributed by atoms with Gasteiger partial charge in [-0.15, -0.1) is 0 Å². The summed E-state index contributed by atoms with van der Waals surface area (Å²) in [7, 11) is 4.12. The number of carbonyl (C=O) groups excluding carboxylic acids is 1. The molecule has 150 valence electrons. The van der Waals surface area contributed by atoms with Crippen LogP contribution in [0, 0.1) is 0 Å². The summed E-state index contributed by atoms with van der Waals surface area (Å²) in [5, 5.41) is 9.65. The Morgan fingerprint density at radius 1 is 1.19 bits per heavy atom. The largest absolute Gasteiger partial charge is 0.494 e. The summed E-state index contributed by atoms with van der Waals surface area (Å²) in [4.78, 5) is 19.0. The first-order chi connectivity index (χ1) is 13.0. The maximum Gasteiger partial charge on any atom is 0.222 e. The van der Waals surface area contributed by atoms with Crippen molar-refractivity contribution < 1.29 is 14.6 Å². The molecule has 0 bridgehead atoms. The van der Waals surface area contributed by atoms with Crippen LogP contribution in [0.1, 0.15) is 37.3 Å². The number of aliphatic hydroxyl groups is 1. The summed E-state index contributed by atoms with van der Waals surface area (Å²) in [6.07, 6.45) is 2.58. The van der Waals surface area contributed by atoms with Gasteiger partial charge in [-0.05, 0) is 44.5 Å². The summed E-state index contributed by atoms with van der Waals surface area (Å²) < 4.78 is 5.59. The lowest BCUT2D eigenvalue weighted by Crippen LogP contribution is -2.60. The first-order valence-corrected chi connectivity index (χ1v) is 10.0. The summed E-state index contributed by atoms with van der Waals surface area (Å²) in [5.74, 6) is 1.03. The minimum atomic E-state index is -0.00963. The third kappa shape index (κ3) is 4.45. The van der Waals surface area contributed by atoms with Crippen LogP contribution in [0.25, 0.3) is 0 Å². The number of likely N-dealkylation sites (N-methyl/N-ethyl adjacent to an activating group) is 1. The molecule has 3 rings (SSSR count). The molecule has 1 aromatic rings. The molecule has 6 heteroatoms. The van der Waals surface area contributed by atoms with E-state index in [1.54, 1.807) is 0 Å². The highest BCUT2D eigenvalue weighted by molar-refractivity contribution is 5.76. The molecule has 0 radical (unpaired) electrons. The molecular weight excluding hydrogens is 342 g/mol. The second kappa shape index (κ2) is 8.59. The summed E-state index contributed by atoms with van der Waals surface area (Å²) in [6, 6.07) is 6.12. The highest BCUT2D eigenvalue weighted by Gasteiger charge is 2.41. The van der Waals surface area contributed by atoms with Gasteiger partial charge in [-0.25, -0.2) is 0 Å². The Balaban J connectivity index is 1.72. The summed E-state index contributed by atoms with van der Waals surface area (Å²) in [5.41, 5.74) is 2.12. The van der Waals surface area contributed by atoms with Crippen molar-refractivity contribution in [1.29, 1.82) is 0 Å². The second-order valence-corrected chi connectivity index (χ2v) is 7.96. The van der Waals surface area contributed by atoms with Crippen LogP contribution in [0.15, 0.2) is 18.2 Å². The van der Waals surface area contributed by atoms with Gasteiger partial charge in [0.25, 0.3) is 0 Å². The molecule has 1 amide bonds. The lowest BCUT2D eigenvalue weighted by atomic mass is 9.86. The predicted octanol–water partition coefficient (Wildman–Crippen LogP) is 1.71. The zero-order valence-electron chi connectivity index (χ0n) is 16.9. The fraction of sp³-hybridized carbons (Fsp3) is 0.667. The molecule has 2 aliphatic heterocycles. The van der Waals surface area contributed by atoms with Gasteiger partial charge >= 0.3 is 0 Å². The molecule has 1 N–H and O–H groups in total. The number of rotatable bonds is 5. The van der Waals surface area contributed by atoms with Crippen LogP contribution >= 0.6 is 0 Å². The van der Waals surface area contributed by atoms with Crippen LogP contribution in [0.3, 0.4) is 0 Å². The van der Waals surface area contributed by atoms with Gasteiger partial charge in [-0.1, -0.05) is 6.07 Å². The molecule has 2 heterocycles. The molecular formula is C21H33N3O3. The number of ether oxygens (including phenoxy) is 1. The normalized spacial score (nSPS) is 25.0. The molecule has 0 aliphatic carbocycles. The molecule has 27 heavy (non-hydrogen) atoms. The average Bonchev–Trinajstić information content (AvgIpc) is 2.81. The smallest absolute Gasteiger partial charge is 0.222 e. The van der Waals surface area contributed by atoms with Gasteiger partial charge in [-0.3, -0.25) is 14.6 Å². The van der Waals surface area contributed by atoms with E-state index >= 15 is 0 Å². The Labute approximate surface area is 162 Å².